The minimum absolute atomic E-state index is 0.0700. The van der Waals surface area contributed by atoms with E-state index in [9.17, 15) is 14.4 Å². The molecule has 0 aromatic rings. The Hall–Kier alpha value is -2.11. The highest BCUT2D eigenvalue weighted by atomic mass is 16.6. The monoisotopic (exact) mass is 915 g/mol. The lowest BCUT2D eigenvalue weighted by atomic mass is 10.0. The van der Waals surface area contributed by atoms with E-state index in [4.69, 9.17) is 14.2 Å². The summed E-state index contributed by atoms with van der Waals surface area (Å²) in [5, 5.41) is 0. The van der Waals surface area contributed by atoms with E-state index in [2.05, 4.69) is 45.1 Å². The van der Waals surface area contributed by atoms with Gasteiger partial charge in [-0.05, 0) is 70.6 Å². The van der Waals surface area contributed by atoms with E-state index in [1.165, 1.54) is 218 Å². The Balaban J connectivity index is 4.34. The summed E-state index contributed by atoms with van der Waals surface area (Å²) < 4.78 is 16.9. The molecule has 382 valence electrons. The van der Waals surface area contributed by atoms with Crippen LogP contribution in [0.4, 0.5) is 0 Å². The van der Waals surface area contributed by atoms with Crippen molar-refractivity contribution >= 4 is 17.9 Å². The van der Waals surface area contributed by atoms with Gasteiger partial charge in [0, 0.05) is 19.3 Å². The van der Waals surface area contributed by atoms with Gasteiger partial charge in [0.1, 0.15) is 13.2 Å². The highest BCUT2D eigenvalue weighted by molar-refractivity contribution is 5.71. The number of carbonyl (C=O) groups excluding carboxylic acids is 3. The smallest absolute Gasteiger partial charge is 0.306 e. The van der Waals surface area contributed by atoms with E-state index >= 15 is 0 Å². The average Bonchev–Trinajstić information content (AvgIpc) is 3.30. The van der Waals surface area contributed by atoms with Crippen LogP contribution in [-0.2, 0) is 28.6 Å². The molecule has 0 fully saturated rings. The second-order valence-electron chi connectivity index (χ2n) is 19.6. The Morgan fingerprint density at radius 1 is 0.292 bits per heavy atom. The van der Waals surface area contributed by atoms with Gasteiger partial charge < -0.3 is 14.2 Å². The van der Waals surface area contributed by atoms with Gasteiger partial charge in [0.15, 0.2) is 6.10 Å². The molecule has 0 saturated heterocycles. The fourth-order valence-electron chi connectivity index (χ4n) is 8.55. The second kappa shape index (κ2) is 54.5. The first-order chi connectivity index (χ1) is 32.0. The number of hydrogen-bond acceptors (Lipinski definition) is 6. The molecule has 0 N–H and O–H groups in total. The SMILES string of the molecule is CCCCCCCC/C=C\CCCCCCCCCC(=O)OC[C@@H](COC(=O)CCCCCCCCCCCCCCC)OC(=O)CCCCCCCCC/C=C\CCCCCCCC. The van der Waals surface area contributed by atoms with Crippen LogP contribution in [0, 0.1) is 0 Å². The molecule has 0 aromatic heterocycles. The molecule has 0 bridgehead atoms. The molecule has 0 spiro atoms. The van der Waals surface area contributed by atoms with E-state index in [0.29, 0.717) is 19.3 Å². The number of ether oxygens (including phenoxy) is 3. The van der Waals surface area contributed by atoms with Crippen molar-refractivity contribution in [2.75, 3.05) is 13.2 Å². The maximum absolute atomic E-state index is 12.8. The molecular formula is C59H110O6. The minimum atomic E-state index is -0.771. The summed E-state index contributed by atoms with van der Waals surface area (Å²) >= 11 is 0. The molecule has 0 radical (unpaired) electrons. The molecule has 6 heteroatoms. The molecule has 0 aliphatic rings. The van der Waals surface area contributed by atoms with Crippen molar-refractivity contribution in [1.82, 2.24) is 0 Å². The second-order valence-corrected chi connectivity index (χ2v) is 19.6. The maximum atomic E-state index is 12.8. The van der Waals surface area contributed by atoms with E-state index in [1.807, 2.05) is 0 Å². The Bertz CT molecular complexity index is 1050. The van der Waals surface area contributed by atoms with Crippen LogP contribution >= 0.6 is 0 Å². The third-order valence-electron chi connectivity index (χ3n) is 12.9. The van der Waals surface area contributed by atoms with Crippen LogP contribution in [0.1, 0.15) is 316 Å². The lowest BCUT2D eigenvalue weighted by Crippen LogP contribution is -2.30. The summed E-state index contributed by atoms with van der Waals surface area (Å²) in [6.07, 6.45) is 63.0. The van der Waals surface area contributed by atoms with Crippen molar-refractivity contribution in [3.05, 3.63) is 24.3 Å². The summed E-state index contributed by atoms with van der Waals surface area (Å²) in [5.74, 6) is -0.860. The van der Waals surface area contributed by atoms with Crippen LogP contribution in [0.25, 0.3) is 0 Å². The Labute approximate surface area is 404 Å². The lowest BCUT2D eigenvalue weighted by Gasteiger charge is -2.18. The van der Waals surface area contributed by atoms with Crippen molar-refractivity contribution < 1.29 is 28.6 Å². The zero-order valence-electron chi connectivity index (χ0n) is 43.8. The minimum Gasteiger partial charge on any atom is -0.462 e. The Morgan fingerprint density at radius 3 is 0.769 bits per heavy atom. The van der Waals surface area contributed by atoms with Gasteiger partial charge in [-0.15, -0.1) is 0 Å². The van der Waals surface area contributed by atoms with Crippen molar-refractivity contribution in [1.29, 1.82) is 0 Å². The van der Waals surface area contributed by atoms with Crippen LogP contribution in [-0.4, -0.2) is 37.2 Å². The number of allylic oxidation sites excluding steroid dienone is 4. The topological polar surface area (TPSA) is 78.9 Å². The van der Waals surface area contributed by atoms with Gasteiger partial charge in [0.05, 0.1) is 0 Å². The van der Waals surface area contributed by atoms with Crippen LogP contribution in [0.5, 0.6) is 0 Å². The van der Waals surface area contributed by atoms with E-state index in [0.717, 1.165) is 57.8 Å². The quantitative estimate of drug-likeness (QED) is 0.0262. The molecule has 0 aliphatic carbocycles. The normalized spacial score (nSPS) is 12.1. The molecule has 0 rings (SSSR count). The zero-order chi connectivity index (χ0) is 47.2. The molecule has 0 unspecified atom stereocenters. The third kappa shape index (κ3) is 52.7. The maximum Gasteiger partial charge on any atom is 0.306 e. The summed E-state index contributed by atoms with van der Waals surface area (Å²) in [5.41, 5.74) is 0. The molecule has 0 heterocycles. The standard InChI is InChI=1S/C59H110O6/c1-4-7-10-13-16-19-22-25-27-29-31-34-37-40-43-46-49-52-58(61)64-55-56(54-63-57(60)51-48-45-42-39-36-33-24-21-18-15-12-9-6-3)65-59(62)53-50-47-44-41-38-35-32-30-28-26-23-20-17-14-11-8-5-2/h25-28,56H,4-24,29-55H2,1-3H3/b27-25-,28-26-/t56-/m1/s1. The number of unbranched alkanes of at least 4 members (excludes halogenated alkanes) is 38. The first-order valence-electron chi connectivity index (χ1n) is 28.8. The largest absolute Gasteiger partial charge is 0.462 e. The van der Waals surface area contributed by atoms with Gasteiger partial charge in [-0.25, -0.2) is 0 Å². The first kappa shape index (κ1) is 62.9. The first-order valence-corrected chi connectivity index (χ1v) is 28.8. The zero-order valence-corrected chi connectivity index (χ0v) is 43.8. The van der Waals surface area contributed by atoms with Crippen LogP contribution < -0.4 is 0 Å². The van der Waals surface area contributed by atoms with Crippen LogP contribution in [0.15, 0.2) is 24.3 Å². The lowest BCUT2D eigenvalue weighted by molar-refractivity contribution is -0.167. The highest BCUT2D eigenvalue weighted by Crippen LogP contribution is 2.16. The summed E-state index contributed by atoms with van der Waals surface area (Å²) in [6, 6.07) is 0. The Kier molecular flexibility index (Phi) is 52.7. The van der Waals surface area contributed by atoms with Crippen LogP contribution in [0.3, 0.4) is 0 Å². The number of hydrogen-bond donors (Lipinski definition) is 0. The number of esters is 3. The molecule has 0 aromatic carbocycles. The molecule has 6 nitrogen and oxygen atoms in total. The predicted octanol–water partition coefficient (Wildman–Crippen LogP) is 19.1. The highest BCUT2D eigenvalue weighted by Gasteiger charge is 2.19. The van der Waals surface area contributed by atoms with E-state index in [1.54, 1.807) is 0 Å². The molecule has 0 saturated carbocycles. The molecule has 0 aliphatic heterocycles. The molecular weight excluding hydrogens is 805 g/mol. The summed E-state index contributed by atoms with van der Waals surface area (Å²) in [7, 11) is 0. The van der Waals surface area contributed by atoms with Gasteiger partial charge >= 0.3 is 17.9 Å². The van der Waals surface area contributed by atoms with Crippen molar-refractivity contribution in [2.45, 2.75) is 322 Å². The fourth-order valence-corrected chi connectivity index (χ4v) is 8.55. The molecule has 65 heavy (non-hydrogen) atoms. The predicted molar refractivity (Wildman–Crippen MR) is 279 cm³/mol. The third-order valence-corrected chi connectivity index (χ3v) is 12.9. The van der Waals surface area contributed by atoms with Crippen LogP contribution in [0.2, 0.25) is 0 Å². The summed E-state index contributed by atoms with van der Waals surface area (Å²) in [6.45, 7) is 6.67. The molecule has 0 amide bonds. The van der Waals surface area contributed by atoms with Crippen molar-refractivity contribution in [2.24, 2.45) is 0 Å². The number of rotatable bonds is 53. The van der Waals surface area contributed by atoms with Gasteiger partial charge in [0.2, 0.25) is 0 Å². The van der Waals surface area contributed by atoms with Gasteiger partial charge in [-0.2, -0.15) is 0 Å². The average molecular weight is 916 g/mol. The van der Waals surface area contributed by atoms with Gasteiger partial charge in [-0.1, -0.05) is 251 Å². The van der Waals surface area contributed by atoms with Gasteiger partial charge in [-0.3, -0.25) is 14.4 Å². The Morgan fingerprint density at radius 2 is 0.508 bits per heavy atom. The summed E-state index contributed by atoms with van der Waals surface area (Å²) in [4.78, 5) is 38.1. The van der Waals surface area contributed by atoms with Crippen molar-refractivity contribution in [3.8, 4) is 0 Å². The van der Waals surface area contributed by atoms with E-state index < -0.39 is 6.10 Å². The molecule has 1 atom stereocenters. The fraction of sp³-hybridized carbons (Fsp3) is 0.881. The number of carbonyl (C=O) groups is 3. The van der Waals surface area contributed by atoms with Gasteiger partial charge in [0.25, 0.3) is 0 Å². The van der Waals surface area contributed by atoms with E-state index in [-0.39, 0.29) is 31.1 Å². The van der Waals surface area contributed by atoms with Crippen molar-refractivity contribution in [3.63, 3.8) is 0 Å².